The minimum Gasteiger partial charge on any atom is -0.444 e. The first kappa shape index (κ1) is 28.2. The molecule has 0 radical (unpaired) electrons. The van der Waals surface area contributed by atoms with Crippen molar-refractivity contribution in [3.8, 4) is 0 Å². The molecule has 200 valence electrons. The van der Waals surface area contributed by atoms with Crippen molar-refractivity contribution < 1.29 is 19.1 Å². The molecular weight excluding hydrogens is 466 g/mol. The van der Waals surface area contributed by atoms with Gasteiger partial charge in [0.15, 0.2) is 0 Å². The van der Waals surface area contributed by atoms with Gasteiger partial charge < -0.3 is 20.3 Å². The van der Waals surface area contributed by atoms with Gasteiger partial charge in [0, 0.05) is 12.6 Å². The van der Waals surface area contributed by atoms with Gasteiger partial charge in [0.1, 0.15) is 17.7 Å². The van der Waals surface area contributed by atoms with Crippen molar-refractivity contribution in [3.05, 3.63) is 71.3 Å². The van der Waals surface area contributed by atoms with Gasteiger partial charge in [0.25, 0.3) is 0 Å². The van der Waals surface area contributed by atoms with Gasteiger partial charge >= 0.3 is 6.09 Å². The van der Waals surface area contributed by atoms with Crippen molar-refractivity contribution in [2.75, 3.05) is 0 Å². The molecule has 1 fully saturated rings. The van der Waals surface area contributed by atoms with Gasteiger partial charge in [-0.3, -0.25) is 9.59 Å². The maximum Gasteiger partial charge on any atom is 0.408 e. The average molecular weight is 508 g/mol. The monoisotopic (exact) mass is 507 g/mol. The normalized spacial score (nSPS) is 15.0. The van der Waals surface area contributed by atoms with Gasteiger partial charge in [-0.15, -0.1) is 0 Å². The van der Waals surface area contributed by atoms with Gasteiger partial charge in [-0.1, -0.05) is 74.0 Å². The molecule has 2 N–H and O–H groups in total. The first-order chi connectivity index (χ1) is 17.4. The molecule has 0 aliphatic heterocycles. The molecule has 7 nitrogen and oxygen atoms in total. The Bertz CT molecular complexity index is 1060. The third-order valence-corrected chi connectivity index (χ3v) is 6.12. The first-order valence-corrected chi connectivity index (χ1v) is 13.1. The molecule has 0 bridgehead atoms. The Morgan fingerprint density at radius 3 is 2.16 bits per heavy atom. The third-order valence-electron chi connectivity index (χ3n) is 6.12. The van der Waals surface area contributed by atoms with Crippen molar-refractivity contribution in [1.29, 1.82) is 0 Å². The Morgan fingerprint density at radius 1 is 1.00 bits per heavy atom. The largest absolute Gasteiger partial charge is 0.444 e. The zero-order valence-corrected chi connectivity index (χ0v) is 22.9. The van der Waals surface area contributed by atoms with Crippen LogP contribution in [0.1, 0.15) is 76.6 Å². The summed E-state index contributed by atoms with van der Waals surface area (Å²) < 4.78 is 5.45. The highest BCUT2D eigenvalue weighted by Crippen LogP contribution is 2.36. The lowest BCUT2D eigenvalue weighted by atomic mass is 9.98. The summed E-state index contributed by atoms with van der Waals surface area (Å²) in [6.07, 6.45) is 1.44. The van der Waals surface area contributed by atoms with Crippen molar-refractivity contribution >= 4 is 17.9 Å². The Labute approximate surface area is 221 Å². The van der Waals surface area contributed by atoms with E-state index in [2.05, 4.69) is 10.6 Å². The van der Waals surface area contributed by atoms with E-state index in [0.717, 1.165) is 29.5 Å². The summed E-state index contributed by atoms with van der Waals surface area (Å²) in [6.45, 7) is 11.7. The smallest absolute Gasteiger partial charge is 0.408 e. The minimum atomic E-state index is -0.806. The van der Waals surface area contributed by atoms with E-state index in [1.807, 2.05) is 75.4 Å². The lowest BCUT2D eigenvalue weighted by molar-refractivity contribution is -0.143. The highest BCUT2D eigenvalue weighted by molar-refractivity contribution is 5.92. The number of rotatable bonds is 10. The van der Waals surface area contributed by atoms with Crippen molar-refractivity contribution in [1.82, 2.24) is 15.5 Å². The molecule has 3 rings (SSSR count). The number of alkyl carbamates (subject to hydrolysis) is 1. The summed E-state index contributed by atoms with van der Waals surface area (Å²) in [4.78, 5) is 42.2. The number of hydrogen-bond donors (Lipinski definition) is 2. The number of carbonyl (C=O) groups excluding carboxylic acids is 3. The second kappa shape index (κ2) is 12.3. The van der Waals surface area contributed by atoms with Crippen LogP contribution in [0.5, 0.6) is 0 Å². The summed E-state index contributed by atoms with van der Waals surface area (Å²) in [5.41, 5.74) is 2.11. The van der Waals surface area contributed by atoms with Gasteiger partial charge in [-0.25, -0.2) is 4.79 Å². The molecule has 2 unspecified atom stereocenters. The molecular formula is C30H41N3O4. The second-order valence-corrected chi connectivity index (χ2v) is 11.3. The SMILES string of the molecule is Cc1ccc(C(C(=O)NCc2ccccc2)N(C(=O)C(CC(C)C)NC(=O)OC(C)(C)C)C2CC2)cc1. The Hall–Kier alpha value is -3.35. The topological polar surface area (TPSA) is 87.7 Å². The molecule has 2 aromatic carbocycles. The van der Waals surface area contributed by atoms with Crippen LogP contribution in [0.25, 0.3) is 0 Å². The van der Waals surface area contributed by atoms with E-state index < -0.39 is 23.8 Å². The molecule has 1 saturated carbocycles. The molecule has 7 heteroatoms. The highest BCUT2D eigenvalue weighted by atomic mass is 16.6. The molecule has 1 aliphatic rings. The van der Waals surface area contributed by atoms with E-state index in [1.54, 1.807) is 25.7 Å². The Kier molecular flexibility index (Phi) is 9.35. The van der Waals surface area contributed by atoms with Gasteiger partial charge in [-0.2, -0.15) is 0 Å². The molecule has 37 heavy (non-hydrogen) atoms. The van der Waals surface area contributed by atoms with Crippen LogP contribution < -0.4 is 10.6 Å². The van der Waals surface area contributed by atoms with Crippen molar-refractivity contribution in [2.24, 2.45) is 5.92 Å². The third kappa shape index (κ3) is 8.62. The zero-order chi connectivity index (χ0) is 27.2. The molecule has 0 spiro atoms. The Balaban J connectivity index is 1.92. The van der Waals surface area contributed by atoms with E-state index >= 15 is 0 Å². The number of benzene rings is 2. The summed E-state index contributed by atoms with van der Waals surface area (Å²) in [5, 5.41) is 5.83. The zero-order valence-electron chi connectivity index (χ0n) is 22.9. The van der Waals surface area contributed by atoms with Crippen LogP contribution in [0.2, 0.25) is 0 Å². The van der Waals surface area contributed by atoms with Crippen LogP contribution in [0, 0.1) is 12.8 Å². The number of carbonyl (C=O) groups is 3. The number of ether oxygens (including phenoxy) is 1. The minimum absolute atomic E-state index is 0.0589. The van der Waals surface area contributed by atoms with E-state index in [1.165, 1.54) is 0 Å². The lowest BCUT2D eigenvalue weighted by Gasteiger charge is -2.35. The van der Waals surface area contributed by atoms with E-state index in [-0.39, 0.29) is 23.8 Å². The van der Waals surface area contributed by atoms with Crippen molar-refractivity contribution in [2.45, 2.75) is 91.1 Å². The molecule has 0 saturated heterocycles. The van der Waals surface area contributed by atoms with Gasteiger partial charge in [-0.05, 0) is 64.0 Å². The Morgan fingerprint density at radius 2 is 1.62 bits per heavy atom. The van der Waals surface area contributed by atoms with Gasteiger partial charge in [0.05, 0.1) is 0 Å². The van der Waals surface area contributed by atoms with Crippen LogP contribution in [0.3, 0.4) is 0 Å². The maximum absolute atomic E-state index is 14.1. The molecule has 2 atom stereocenters. The van der Waals surface area contributed by atoms with E-state index in [0.29, 0.717) is 13.0 Å². The maximum atomic E-state index is 14.1. The summed E-state index contributed by atoms with van der Waals surface area (Å²) in [6, 6.07) is 15.7. The quantitative estimate of drug-likeness (QED) is 0.458. The lowest BCUT2D eigenvalue weighted by Crippen LogP contribution is -2.54. The molecule has 1 aliphatic carbocycles. The fourth-order valence-electron chi connectivity index (χ4n) is 4.26. The fraction of sp³-hybridized carbons (Fsp3) is 0.500. The summed E-state index contributed by atoms with van der Waals surface area (Å²) >= 11 is 0. The summed E-state index contributed by atoms with van der Waals surface area (Å²) in [5.74, 6) is -0.356. The average Bonchev–Trinajstić information content (AvgIpc) is 3.65. The first-order valence-electron chi connectivity index (χ1n) is 13.1. The second-order valence-electron chi connectivity index (χ2n) is 11.3. The van der Waals surface area contributed by atoms with Gasteiger partial charge in [0.2, 0.25) is 11.8 Å². The standard InChI is InChI=1S/C30H41N3O4/c1-20(2)18-25(32-29(36)37-30(4,5)6)28(35)33(24-16-17-24)26(23-14-12-21(3)13-15-23)27(34)31-19-22-10-8-7-9-11-22/h7-15,20,24-26H,16-19H2,1-6H3,(H,31,34)(H,32,36). The fourth-order valence-corrected chi connectivity index (χ4v) is 4.26. The predicted octanol–water partition coefficient (Wildman–Crippen LogP) is 5.28. The molecule has 2 aromatic rings. The molecule has 0 aromatic heterocycles. The number of nitrogens with zero attached hydrogens (tertiary/aromatic N) is 1. The molecule has 0 heterocycles. The number of aryl methyl sites for hydroxylation is 1. The van der Waals surface area contributed by atoms with Crippen LogP contribution in [0.15, 0.2) is 54.6 Å². The number of hydrogen-bond acceptors (Lipinski definition) is 4. The van der Waals surface area contributed by atoms with Crippen LogP contribution in [-0.2, 0) is 20.9 Å². The molecule has 3 amide bonds. The van der Waals surface area contributed by atoms with Crippen LogP contribution >= 0.6 is 0 Å². The van der Waals surface area contributed by atoms with E-state index in [4.69, 9.17) is 4.74 Å². The van der Waals surface area contributed by atoms with Crippen LogP contribution in [-0.4, -0.2) is 40.5 Å². The van der Waals surface area contributed by atoms with E-state index in [9.17, 15) is 14.4 Å². The van der Waals surface area contributed by atoms with Crippen molar-refractivity contribution in [3.63, 3.8) is 0 Å². The predicted molar refractivity (Wildman–Crippen MR) is 145 cm³/mol. The number of nitrogens with one attached hydrogen (secondary N) is 2. The summed E-state index contributed by atoms with van der Waals surface area (Å²) in [7, 11) is 0. The highest BCUT2D eigenvalue weighted by Gasteiger charge is 2.44. The number of amides is 3. The van der Waals surface area contributed by atoms with Crippen LogP contribution in [0.4, 0.5) is 4.79 Å².